The number of aryl methyl sites for hydroxylation is 1. The summed E-state index contributed by atoms with van der Waals surface area (Å²) in [5.74, 6) is -0.269. The highest BCUT2D eigenvalue weighted by molar-refractivity contribution is 7.99. The lowest BCUT2D eigenvalue weighted by atomic mass is 9.97. The maximum atomic E-state index is 13.5. The highest BCUT2D eigenvalue weighted by Gasteiger charge is 2.57. The molecule has 12 heteroatoms. The number of aliphatic hydroxyl groups is 1. The molecule has 2 aromatic rings. The van der Waals surface area contributed by atoms with Crippen molar-refractivity contribution in [2.75, 3.05) is 12.3 Å². The van der Waals surface area contributed by atoms with Crippen LogP contribution in [0, 0.1) is 16.0 Å². The second kappa shape index (κ2) is 10.3. The lowest BCUT2D eigenvalue weighted by Crippen LogP contribution is -2.46. The average molecular weight is 475 g/mol. The lowest BCUT2D eigenvalue weighted by Gasteiger charge is -2.29. The van der Waals surface area contributed by atoms with E-state index in [0.717, 1.165) is 23.3 Å². The topological polar surface area (TPSA) is 110 Å². The van der Waals surface area contributed by atoms with E-state index in [-0.39, 0.29) is 11.3 Å². The molecule has 1 heterocycles. The smallest absolute Gasteiger partial charge is 0.374 e. The molecule has 2 N–H and O–H groups in total. The van der Waals surface area contributed by atoms with E-state index in [1.807, 2.05) is 13.8 Å². The van der Waals surface area contributed by atoms with Gasteiger partial charge >= 0.3 is 6.18 Å². The van der Waals surface area contributed by atoms with Gasteiger partial charge in [-0.25, -0.2) is 4.98 Å². The van der Waals surface area contributed by atoms with Crippen molar-refractivity contribution in [1.82, 2.24) is 14.9 Å². The van der Waals surface area contributed by atoms with Crippen molar-refractivity contribution in [2.24, 2.45) is 13.0 Å². The third kappa shape index (κ3) is 6.00. The minimum absolute atomic E-state index is 0.0579. The van der Waals surface area contributed by atoms with Crippen LogP contribution in [0.25, 0.3) is 0 Å². The Balaban J connectivity index is 2.11. The molecule has 1 aromatic carbocycles. The zero-order valence-electron chi connectivity index (χ0n) is 17.8. The molecule has 0 bridgehead atoms. The van der Waals surface area contributed by atoms with Gasteiger partial charge in [-0.2, -0.15) is 13.2 Å². The van der Waals surface area contributed by atoms with E-state index in [1.165, 1.54) is 37.1 Å². The Labute approximate surface area is 187 Å². The fraction of sp³-hybridized carbons (Fsp3) is 0.500. The fourth-order valence-corrected chi connectivity index (χ4v) is 4.19. The molecule has 8 nitrogen and oxygen atoms in total. The van der Waals surface area contributed by atoms with Gasteiger partial charge < -0.3 is 15.0 Å². The molecule has 1 amide bonds. The molecule has 1 unspecified atom stereocenters. The Morgan fingerprint density at radius 3 is 2.59 bits per heavy atom. The van der Waals surface area contributed by atoms with E-state index >= 15 is 0 Å². The molecule has 32 heavy (non-hydrogen) atoms. The number of rotatable bonds is 10. The molecule has 176 valence electrons. The summed E-state index contributed by atoms with van der Waals surface area (Å²) in [6, 6.07) is 3.94. The van der Waals surface area contributed by atoms with Gasteiger partial charge in [0, 0.05) is 44.0 Å². The third-order valence-electron chi connectivity index (χ3n) is 4.80. The van der Waals surface area contributed by atoms with Crippen molar-refractivity contribution in [3.8, 4) is 0 Å². The number of hydrogen-bond donors (Lipinski definition) is 2. The normalized spacial score (nSPS) is 13.8. The molecule has 0 spiro atoms. The van der Waals surface area contributed by atoms with Crippen LogP contribution in [0.2, 0.25) is 0 Å². The molecular weight excluding hydrogens is 449 g/mol. The predicted molar refractivity (Wildman–Crippen MR) is 113 cm³/mol. The Bertz CT molecular complexity index is 965. The highest BCUT2D eigenvalue weighted by Crippen LogP contribution is 2.40. The number of halogens is 3. The quantitative estimate of drug-likeness (QED) is 0.306. The maximum Gasteiger partial charge on any atom is 0.424 e. The molecule has 0 aliphatic carbocycles. The summed E-state index contributed by atoms with van der Waals surface area (Å²) in [7, 11) is 1.32. The monoisotopic (exact) mass is 474 g/mol. The number of nitro groups is 1. The van der Waals surface area contributed by atoms with E-state index in [4.69, 9.17) is 0 Å². The van der Waals surface area contributed by atoms with Crippen molar-refractivity contribution < 1.29 is 28.0 Å². The van der Waals surface area contributed by atoms with Crippen LogP contribution in [-0.2, 0) is 12.6 Å². The van der Waals surface area contributed by atoms with E-state index < -0.39 is 41.4 Å². The molecule has 1 aromatic heterocycles. The second-order valence-corrected chi connectivity index (χ2v) is 8.83. The number of amides is 1. The van der Waals surface area contributed by atoms with Crippen LogP contribution < -0.4 is 5.32 Å². The first kappa shape index (κ1) is 25.7. The van der Waals surface area contributed by atoms with E-state index in [1.54, 1.807) is 0 Å². The first-order valence-electron chi connectivity index (χ1n) is 9.83. The number of aromatic nitrogens is 2. The molecule has 0 fully saturated rings. The molecule has 1 atom stereocenters. The van der Waals surface area contributed by atoms with E-state index in [0.29, 0.717) is 16.6 Å². The maximum absolute atomic E-state index is 13.5. The zero-order chi connectivity index (χ0) is 24.1. The summed E-state index contributed by atoms with van der Waals surface area (Å²) in [4.78, 5) is 27.2. The van der Waals surface area contributed by atoms with Gasteiger partial charge in [0.15, 0.2) is 0 Å². The molecule has 0 saturated heterocycles. The van der Waals surface area contributed by atoms with E-state index in [9.17, 15) is 33.2 Å². The summed E-state index contributed by atoms with van der Waals surface area (Å²) >= 11 is 1.31. The van der Waals surface area contributed by atoms with Crippen LogP contribution in [0.1, 0.15) is 42.9 Å². The number of alkyl halides is 3. The van der Waals surface area contributed by atoms with Crippen LogP contribution in [0.5, 0.6) is 0 Å². The van der Waals surface area contributed by atoms with Crippen molar-refractivity contribution in [3.63, 3.8) is 0 Å². The summed E-state index contributed by atoms with van der Waals surface area (Å²) in [5.41, 5.74) is -3.56. The van der Waals surface area contributed by atoms with Crippen LogP contribution >= 0.6 is 11.8 Å². The van der Waals surface area contributed by atoms with Crippen LogP contribution in [-0.4, -0.2) is 44.0 Å². The van der Waals surface area contributed by atoms with Gasteiger partial charge in [-0.05, 0) is 30.2 Å². The standard InChI is InChI=1S/C20H25F3N4O4S/c1-13(2)6-11-32-16-5-4-14(12-15(16)27(30)31)17(28)24-8-7-19(29,20(21,22)23)18-25-9-10-26(18)3/h4-5,9-10,12-13,29H,6-8,11H2,1-3H3,(H,24,28). The highest BCUT2D eigenvalue weighted by atomic mass is 32.2. The predicted octanol–water partition coefficient (Wildman–Crippen LogP) is 4.04. The van der Waals surface area contributed by atoms with Crippen molar-refractivity contribution in [3.05, 3.63) is 52.1 Å². The van der Waals surface area contributed by atoms with Gasteiger partial charge in [-0.3, -0.25) is 14.9 Å². The molecule has 0 aliphatic heterocycles. The van der Waals surface area contributed by atoms with Gasteiger partial charge in [0.05, 0.1) is 9.82 Å². The third-order valence-corrected chi connectivity index (χ3v) is 5.90. The number of carbonyl (C=O) groups excluding carboxylic acids is 1. The summed E-state index contributed by atoms with van der Waals surface area (Å²) < 4.78 is 41.7. The Morgan fingerprint density at radius 2 is 2.06 bits per heavy atom. The number of benzene rings is 1. The number of nitro benzene ring substituents is 1. The number of carbonyl (C=O) groups is 1. The number of imidazole rings is 1. The second-order valence-electron chi connectivity index (χ2n) is 7.70. The first-order chi connectivity index (χ1) is 14.9. The van der Waals surface area contributed by atoms with Crippen LogP contribution in [0.3, 0.4) is 0 Å². The van der Waals surface area contributed by atoms with Crippen molar-refractivity contribution in [1.29, 1.82) is 0 Å². The van der Waals surface area contributed by atoms with Gasteiger partial charge in [-0.15, -0.1) is 11.8 Å². The van der Waals surface area contributed by atoms with Gasteiger partial charge in [0.2, 0.25) is 5.60 Å². The summed E-state index contributed by atoms with van der Waals surface area (Å²) in [6.07, 6.45) is -2.64. The van der Waals surface area contributed by atoms with Gasteiger partial charge in [-0.1, -0.05) is 13.8 Å². The largest absolute Gasteiger partial charge is 0.424 e. The Kier molecular flexibility index (Phi) is 8.29. The van der Waals surface area contributed by atoms with Crippen molar-refractivity contribution in [2.45, 2.75) is 43.4 Å². The number of thioether (sulfide) groups is 1. The minimum atomic E-state index is -5.02. The first-order valence-corrected chi connectivity index (χ1v) is 10.8. The van der Waals surface area contributed by atoms with Crippen molar-refractivity contribution >= 4 is 23.4 Å². The minimum Gasteiger partial charge on any atom is -0.374 e. The fourth-order valence-electron chi connectivity index (χ4n) is 2.93. The number of hydrogen-bond acceptors (Lipinski definition) is 6. The Morgan fingerprint density at radius 1 is 1.38 bits per heavy atom. The molecular formula is C20H25F3N4O4S. The average Bonchev–Trinajstić information content (AvgIpc) is 3.13. The SMILES string of the molecule is CC(C)CCSc1ccc(C(=O)NCCC(O)(c2nccn2C)C(F)(F)F)cc1[N+](=O)[O-]. The molecule has 0 radical (unpaired) electrons. The van der Waals surface area contributed by atoms with Gasteiger partial charge in [0.1, 0.15) is 5.82 Å². The molecule has 0 aliphatic rings. The molecule has 2 rings (SSSR count). The summed E-state index contributed by atoms with van der Waals surface area (Å²) in [6.45, 7) is 3.55. The Hall–Kier alpha value is -2.60. The van der Waals surface area contributed by atoms with Gasteiger partial charge in [0.25, 0.3) is 11.6 Å². The van der Waals surface area contributed by atoms with Crippen LogP contribution in [0.15, 0.2) is 35.5 Å². The number of nitrogens with one attached hydrogen (secondary N) is 1. The van der Waals surface area contributed by atoms with Crippen LogP contribution in [0.4, 0.5) is 18.9 Å². The number of nitrogens with zero attached hydrogens (tertiary/aromatic N) is 3. The lowest BCUT2D eigenvalue weighted by molar-refractivity contribution is -0.387. The van der Waals surface area contributed by atoms with E-state index in [2.05, 4.69) is 10.3 Å². The molecule has 0 saturated carbocycles. The summed E-state index contributed by atoms with van der Waals surface area (Å²) in [5, 5.41) is 24.0. The zero-order valence-corrected chi connectivity index (χ0v) is 18.7.